The maximum atomic E-state index is 12.0. The van der Waals surface area contributed by atoms with Crippen molar-refractivity contribution in [3.63, 3.8) is 0 Å². The van der Waals surface area contributed by atoms with Crippen LogP contribution >= 0.6 is 23.8 Å². The van der Waals surface area contributed by atoms with Crippen LogP contribution in [-0.2, 0) is 17.7 Å². The highest BCUT2D eigenvalue weighted by atomic mass is 35.5. The fourth-order valence-electron chi connectivity index (χ4n) is 3.28. The predicted octanol–water partition coefficient (Wildman–Crippen LogP) is 5.79. The maximum Gasteiger partial charge on any atom is 0.407 e. The zero-order chi connectivity index (χ0) is 23.1. The van der Waals surface area contributed by atoms with Crippen molar-refractivity contribution in [3.05, 3.63) is 77.1 Å². The Bertz CT molecular complexity index is 1100. The third kappa shape index (κ3) is 7.46. The number of nitrogens with one attached hydrogen (secondary N) is 1. The first kappa shape index (κ1) is 24.0. The van der Waals surface area contributed by atoms with Crippen molar-refractivity contribution in [2.24, 2.45) is 0 Å². The van der Waals surface area contributed by atoms with Crippen molar-refractivity contribution >= 4 is 45.7 Å². The average molecular weight is 470 g/mol. The topological polar surface area (TPSA) is 54.5 Å². The molecule has 0 saturated carbocycles. The summed E-state index contributed by atoms with van der Waals surface area (Å²) >= 11 is 12.0. The number of fused-ring (bicyclic) bond motifs is 1. The second-order valence-electron chi connectivity index (χ2n) is 8.61. The lowest BCUT2D eigenvalue weighted by molar-refractivity contribution is 0.0525. The number of pyridine rings is 1. The van der Waals surface area contributed by atoms with Gasteiger partial charge >= 0.3 is 6.09 Å². The fourth-order valence-corrected chi connectivity index (χ4v) is 3.82. The molecule has 0 aliphatic carbocycles. The van der Waals surface area contributed by atoms with E-state index < -0.39 is 11.7 Å². The molecule has 7 heteroatoms. The quantitative estimate of drug-likeness (QED) is 0.444. The minimum atomic E-state index is -0.536. The predicted molar refractivity (Wildman–Crippen MR) is 134 cm³/mol. The minimum Gasteiger partial charge on any atom is -0.444 e. The molecule has 0 radical (unpaired) electrons. The normalized spacial score (nSPS) is 11.2. The van der Waals surface area contributed by atoms with Crippen LogP contribution in [0.2, 0.25) is 5.02 Å². The molecule has 3 rings (SSSR count). The van der Waals surface area contributed by atoms with E-state index >= 15 is 0 Å². The molecule has 0 atom stereocenters. The Hall–Kier alpha value is -2.70. The molecule has 0 spiro atoms. The van der Waals surface area contributed by atoms with Gasteiger partial charge in [-0.2, -0.15) is 0 Å². The van der Waals surface area contributed by atoms with Gasteiger partial charge in [-0.3, -0.25) is 4.98 Å². The highest BCUT2D eigenvalue weighted by Crippen LogP contribution is 2.18. The SMILES string of the molecule is CC(C)(C)OC(=O)NCCN(Cc1cccc(Cl)c1)C(=S)Cc1ccc2cnccc2c1. The van der Waals surface area contributed by atoms with Crippen LogP contribution in [0, 0.1) is 0 Å². The molecule has 32 heavy (non-hydrogen) atoms. The van der Waals surface area contributed by atoms with E-state index in [0.29, 0.717) is 31.1 Å². The summed E-state index contributed by atoms with van der Waals surface area (Å²) in [6.45, 7) is 7.10. The van der Waals surface area contributed by atoms with Gasteiger partial charge in [0.2, 0.25) is 0 Å². The van der Waals surface area contributed by atoms with E-state index in [2.05, 4.69) is 33.4 Å². The summed E-state index contributed by atoms with van der Waals surface area (Å²) in [5.74, 6) is 0. The van der Waals surface area contributed by atoms with Crippen LogP contribution in [0.1, 0.15) is 31.9 Å². The van der Waals surface area contributed by atoms with E-state index in [-0.39, 0.29) is 0 Å². The van der Waals surface area contributed by atoms with Crippen LogP contribution < -0.4 is 5.32 Å². The standard InChI is InChI=1S/C25H28ClN3O2S/c1-25(2,3)31-24(30)28-11-12-29(17-19-5-4-6-22(26)14-19)23(32)15-18-7-8-21-16-27-10-9-20(21)13-18/h4-10,13-14,16H,11-12,15,17H2,1-3H3,(H,28,30). The van der Waals surface area contributed by atoms with Crippen molar-refractivity contribution in [2.45, 2.75) is 39.3 Å². The highest BCUT2D eigenvalue weighted by Gasteiger charge is 2.17. The van der Waals surface area contributed by atoms with Crippen molar-refractivity contribution < 1.29 is 9.53 Å². The second kappa shape index (κ2) is 10.7. The van der Waals surface area contributed by atoms with Gasteiger partial charge in [0.05, 0.1) is 4.99 Å². The van der Waals surface area contributed by atoms with Crippen molar-refractivity contribution in [2.75, 3.05) is 13.1 Å². The molecule has 0 aliphatic heterocycles. The van der Waals surface area contributed by atoms with Gasteiger partial charge in [-0.1, -0.05) is 54.2 Å². The van der Waals surface area contributed by atoms with Crippen molar-refractivity contribution in [1.82, 2.24) is 15.2 Å². The number of rotatable bonds is 7. The van der Waals surface area contributed by atoms with Crippen LogP contribution in [0.15, 0.2) is 60.9 Å². The molecule has 1 N–H and O–H groups in total. The van der Waals surface area contributed by atoms with Crippen LogP contribution in [0.4, 0.5) is 4.79 Å². The number of alkyl carbamates (subject to hydrolysis) is 1. The van der Waals surface area contributed by atoms with Gasteiger partial charge in [0, 0.05) is 48.9 Å². The molecule has 0 aliphatic rings. The number of ether oxygens (including phenoxy) is 1. The Kier molecular flexibility index (Phi) is 8.04. The van der Waals surface area contributed by atoms with Gasteiger partial charge in [-0.05, 0) is 55.5 Å². The Morgan fingerprint density at radius 3 is 2.69 bits per heavy atom. The lowest BCUT2D eigenvalue weighted by Crippen LogP contribution is -2.40. The van der Waals surface area contributed by atoms with Gasteiger partial charge in [0.15, 0.2) is 0 Å². The van der Waals surface area contributed by atoms with Gasteiger partial charge in [-0.25, -0.2) is 4.79 Å². The summed E-state index contributed by atoms with van der Waals surface area (Å²) in [5.41, 5.74) is 1.65. The van der Waals surface area contributed by atoms with Crippen molar-refractivity contribution in [3.8, 4) is 0 Å². The number of benzene rings is 2. The zero-order valence-corrected chi connectivity index (χ0v) is 20.2. The van der Waals surface area contributed by atoms with Gasteiger partial charge in [0.1, 0.15) is 5.60 Å². The van der Waals surface area contributed by atoms with Crippen LogP contribution in [0.25, 0.3) is 10.8 Å². The average Bonchev–Trinajstić information content (AvgIpc) is 2.71. The Labute approximate surface area is 199 Å². The van der Waals surface area contributed by atoms with Crippen LogP contribution in [-0.4, -0.2) is 39.7 Å². The van der Waals surface area contributed by atoms with Gasteiger partial charge in [-0.15, -0.1) is 0 Å². The van der Waals surface area contributed by atoms with E-state index in [9.17, 15) is 4.79 Å². The number of halogens is 1. The second-order valence-corrected chi connectivity index (χ2v) is 9.52. The number of amides is 1. The first-order valence-electron chi connectivity index (χ1n) is 10.5. The highest BCUT2D eigenvalue weighted by molar-refractivity contribution is 7.80. The third-order valence-corrected chi connectivity index (χ3v) is 5.36. The first-order chi connectivity index (χ1) is 15.2. The summed E-state index contributed by atoms with van der Waals surface area (Å²) in [4.78, 5) is 19.1. The number of carbonyl (C=O) groups excluding carboxylic acids is 1. The summed E-state index contributed by atoms with van der Waals surface area (Å²) in [7, 11) is 0. The minimum absolute atomic E-state index is 0.416. The lowest BCUT2D eigenvalue weighted by atomic mass is 10.1. The molecule has 3 aromatic rings. The summed E-state index contributed by atoms with van der Waals surface area (Å²) in [5, 5.41) is 5.73. The van der Waals surface area contributed by atoms with E-state index in [1.807, 2.05) is 57.3 Å². The van der Waals surface area contributed by atoms with Crippen LogP contribution in [0.3, 0.4) is 0 Å². The smallest absolute Gasteiger partial charge is 0.407 e. The molecule has 2 aromatic carbocycles. The number of thiocarbonyl (C=S) groups is 1. The van der Waals surface area contributed by atoms with E-state index in [0.717, 1.165) is 26.9 Å². The molecular weight excluding hydrogens is 442 g/mol. The van der Waals surface area contributed by atoms with E-state index in [1.54, 1.807) is 6.20 Å². The monoisotopic (exact) mass is 469 g/mol. The largest absolute Gasteiger partial charge is 0.444 e. The van der Waals surface area contributed by atoms with Gasteiger partial charge < -0.3 is 15.0 Å². The number of nitrogens with zero attached hydrogens (tertiary/aromatic N) is 2. The van der Waals surface area contributed by atoms with Crippen LogP contribution in [0.5, 0.6) is 0 Å². The number of carbonyl (C=O) groups is 1. The first-order valence-corrected chi connectivity index (χ1v) is 11.3. The summed E-state index contributed by atoms with van der Waals surface area (Å²) in [6.07, 6.45) is 3.83. The Morgan fingerprint density at radius 2 is 1.94 bits per heavy atom. The molecule has 0 saturated heterocycles. The molecule has 168 valence electrons. The van der Waals surface area contributed by atoms with E-state index in [1.165, 1.54) is 0 Å². The lowest BCUT2D eigenvalue weighted by Gasteiger charge is -2.26. The molecule has 0 fully saturated rings. The molecule has 1 aromatic heterocycles. The molecule has 0 bridgehead atoms. The third-order valence-electron chi connectivity index (χ3n) is 4.73. The summed E-state index contributed by atoms with van der Waals surface area (Å²) < 4.78 is 5.33. The molecule has 1 amide bonds. The molecule has 0 unspecified atom stereocenters. The molecular formula is C25H28ClN3O2S. The maximum absolute atomic E-state index is 12.0. The molecule has 1 heterocycles. The number of hydrogen-bond donors (Lipinski definition) is 1. The summed E-state index contributed by atoms with van der Waals surface area (Å²) in [6, 6.07) is 16.0. The number of aromatic nitrogens is 1. The Balaban J connectivity index is 1.69. The molecule has 5 nitrogen and oxygen atoms in total. The zero-order valence-electron chi connectivity index (χ0n) is 18.6. The fraction of sp³-hybridized carbons (Fsp3) is 0.320. The number of hydrogen-bond acceptors (Lipinski definition) is 4. The van der Waals surface area contributed by atoms with Gasteiger partial charge in [0.25, 0.3) is 0 Å². The van der Waals surface area contributed by atoms with E-state index in [4.69, 9.17) is 28.6 Å². The van der Waals surface area contributed by atoms with Crippen molar-refractivity contribution in [1.29, 1.82) is 0 Å². The Morgan fingerprint density at radius 1 is 1.12 bits per heavy atom.